The molecule has 0 saturated carbocycles. The molecular weight excluding hydrogens is 324 g/mol. The van der Waals surface area contributed by atoms with Gasteiger partial charge in [-0.1, -0.05) is 37.3 Å². The van der Waals surface area contributed by atoms with E-state index < -0.39 is 0 Å². The van der Waals surface area contributed by atoms with Crippen LogP contribution in [0.5, 0.6) is 5.75 Å². The van der Waals surface area contributed by atoms with E-state index in [9.17, 15) is 4.79 Å². The Labute approximate surface area is 154 Å². The van der Waals surface area contributed by atoms with Crippen molar-refractivity contribution in [2.75, 3.05) is 7.11 Å². The van der Waals surface area contributed by atoms with Gasteiger partial charge in [0.05, 0.1) is 13.2 Å². The van der Waals surface area contributed by atoms with E-state index in [0.29, 0.717) is 6.42 Å². The molecule has 4 heteroatoms. The molecular formula is C22H26N2O2. The molecule has 0 aliphatic carbocycles. The van der Waals surface area contributed by atoms with Gasteiger partial charge in [0.1, 0.15) is 5.75 Å². The van der Waals surface area contributed by atoms with E-state index >= 15 is 0 Å². The number of aryl methyl sites for hydroxylation is 1. The first kappa shape index (κ1) is 18.1. The van der Waals surface area contributed by atoms with Crippen molar-refractivity contribution in [2.24, 2.45) is 0 Å². The zero-order chi connectivity index (χ0) is 18.4. The minimum Gasteiger partial charge on any atom is -0.497 e. The third-order valence-electron chi connectivity index (χ3n) is 4.79. The number of carbonyl (C=O) groups excluding carboxylic acids is 1. The molecule has 0 radical (unpaired) electrons. The number of amides is 1. The summed E-state index contributed by atoms with van der Waals surface area (Å²) in [5.41, 5.74) is 3.53. The van der Waals surface area contributed by atoms with Crippen LogP contribution in [0.4, 0.5) is 0 Å². The Morgan fingerprint density at radius 1 is 1.15 bits per heavy atom. The Kier molecular flexibility index (Phi) is 5.95. The first-order chi connectivity index (χ1) is 12.7. The summed E-state index contributed by atoms with van der Waals surface area (Å²) < 4.78 is 5.19. The van der Waals surface area contributed by atoms with Gasteiger partial charge in [0, 0.05) is 23.5 Å². The van der Waals surface area contributed by atoms with Gasteiger partial charge >= 0.3 is 0 Å². The van der Waals surface area contributed by atoms with Crippen LogP contribution in [0.25, 0.3) is 10.9 Å². The van der Waals surface area contributed by atoms with Crippen molar-refractivity contribution >= 4 is 16.8 Å². The number of ether oxygens (including phenoxy) is 1. The molecule has 2 aromatic carbocycles. The summed E-state index contributed by atoms with van der Waals surface area (Å²) in [5.74, 6) is 0.932. The normalized spacial score (nSPS) is 12.1. The van der Waals surface area contributed by atoms with Crippen LogP contribution < -0.4 is 10.1 Å². The summed E-state index contributed by atoms with van der Waals surface area (Å²) >= 11 is 0. The molecule has 136 valence electrons. The number of aromatic amines is 1. The van der Waals surface area contributed by atoms with Crippen molar-refractivity contribution in [3.05, 3.63) is 65.9 Å². The Morgan fingerprint density at radius 3 is 2.65 bits per heavy atom. The SMILES string of the molecule is CCC(NC(=O)CCCc1c[nH]c2ccccc12)c1ccc(OC)cc1. The fraction of sp³-hybridized carbons (Fsp3) is 0.318. The Bertz CT molecular complexity index is 852. The van der Waals surface area contributed by atoms with E-state index in [-0.39, 0.29) is 11.9 Å². The summed E-state index contributed by atoms with van der Waals surface area (Å²) in [4.78, 5) is 15.6. The number of nitrogens with one attached hydrogen (secondary N) is 2. The van der Waals surface area contributed by atoms with Crippen LogP contribution in [0, 0.1) is 0 Å². The number of H-pyrrole nitrogens is 1. The predicted octanol–water partition coefficient (Wildman–Crippen LogP) is 4.77. The molecule has 3 rings (SSSR count). The minimum absolute atomic E-state index is 0.0431. The second-order valence-corrected chi connectivity index (χ2v) is 6.51. The molecule has 0 fully saturated rings. The van der Waals surface area contributed by atoms with Crippen LogP contribution in [-0.4, -0.2) is 18.0 Å². The number of aromatic nitrogens is 1. The number of rotatable bonds is 8. The van der Waals surface area contributed by atoms with Gasteiger partial charge in [-0.05, 0) is 48.6 Å². The fourth-order valence-corrected chi connectivity index (χ4v) is 3.30. The highest BCUT2D eigenvalue weighted by molar-refractivity contribution is 5.83. The lowest BCUT2D eigenvalue weighted by Gasteiger charge is -2.18. The van der Waals surface area contributed by atoms with Crippen LogP contribution in [0.15, 0.2) is 54.7 Å². The number of hydrogen-bond donors (Lipinski definition) is 2. The Hall–Kier alpha value is -2.75. The number of benzene rings is 2. The maximum absolute atomic E-state index is 12.4. The lowest BCUT2D eigenvalue weighted by atomic mass is 10.0. The highest BCUT2D eigenvalue weighted by Crippen LogP contribution is 2.21. The number of carbonyl (C=O) groups is 1. The van der Waals surface area contributed by atoms with E-state index in [1.807, 2.05) is 36.4 Å². The first-order valence-corrected chi connectivity index (χ1v) is 9.19. The lowest BCUT2D eigenvalue weighted by Crippen LogP contribution is -2.27. The largest absolute Gasteiger partial charge is 0.497 e. The van der Waals surface area contributed by atoms with Crippen LogP contribution in [0.3, 0.4) is 0 Å². The number of fused-ring (bicyclic) bond motifs is 1. The molecule has 1 unspecified atom stereocenters. The molecule has 26 heavy (non-hydrogen) atoms. The van der Waals surface area contributed by atoms with Gasteiger partial charge in [-0.3, -0.25) is 4.79 Å². The highest BCUT2D eigenvalue weighted by Gasteiger charge is 2.13. The van der Waals surface area contributed by atoms with Gasteiger partial charge in [0.2, 0.25) is 5.91 Å². The van der Waals surface area contributed by atoms with Crippen LogP contribution in [0.2, 0.25) is 0 Å². The average molecular weight is 350 g/mol. The average Bonchev–Trinajstić information content (AvgIpc) is 3.09. The molecule has 3 aromatic rings. The molecule has 0 bridgehead atoms. The van der Waals surface area contributed by atoms with Crippen molar-refractivity contribution in [3.63, 3.8) is 0 Å². The highest BCUT2D eigenvalue weighted by atomic mass is 16.5. The zero-order valence-electron chi connectivity index (χ0n) is 15.4. The number of methoxy groups -OCH3 is 1. The van der Waals surface area contributed by atoms with Crippen molar-refractivity contribution in [2.45, 2.75) is 38.6 Å². The summed E-state index contributed by atoms with van der Waals surface area (Å²) in [6.07, 6.45) is 5.19. The second kappa shape index (κ2) is 8.56. The molecule has 1 aromatic heterocycles. The minimum atomic E-state index is 0.0431. The Balaban J connectivity index is 1.52. The molecule has 2 N–H and O–H groups in total. The molecule has 0 aliphatic heterocycles. The third kappa shape index (κ3) is 4.26. The van der Waals surface area contributed by atoms with E-state index in [1.54, 1.807) is 7.11 Å². The van der Waals surface area contributed by atoms with Gasteiger partial charge in [-0.15, -0.1) is 0 Å². The molecule has 1 atom stereocenters. The van der Waals surface area contributed by atoms with Crippen molar-refractivity contribution in [3.8, 4) is 5.75 Å². The smallest absolute Gasteiger partial charge is 0.220 e. The van der Waals surface area contributed by atoms with Crippen molar-refractivity contribution in [1.29, 1.82) is 0 Å². The maximum Gasteiger partial charge on any atom is 0.220 e. The molecule has 0 spiro atoms. The van der Waals surface area contributed by atoms with Gasteiger partial charge in [0.25, 0.3) is 0 Å². The predicted molar refractivity (Wildman–Crippen MR) is 105 cm³/mol. The van der Waals surface area contributed by atoms with E-state index in [2.05, 4.69) is 35.6 Å². The maximum atomic E-state index is 12.4. The van der Waals surface area contributed by atoms with Gasteiger partial charge in [0.15, 0.2) is 0 Å². The Morgan fingerprint density at radius 2 is 1.92 bits per heavy atom. The van der Waals surface area contributed by atoms with Crippen molar-refractivity contribution in [1.82, 2.24) is 10.3 Å². The molecule has 4 nitrogen and oxygen atoms in total. The fourth-order valence-electron chi connectivity index (χ4n) is 3.30. The topological polar surface area (TPSA) is 54.1 Å². The van der Waals surface area contributed by atoms with Gasteiger partial charge in [-0.25, -0.2) is 0 Å². The quantitative estimate of drug-likeness (QED) is 0.615. The summed E-state index contributed by atoms with van der Waals surface area (Å²) in [6.45, 7) is 2.08. The summed E-state index contributed by atoms with van der Waals surface area (Å²) in [5, 5.41) is 4.40. The van der Waals surface area contributed by atoms with Crippen LogP contribution in [0.1, 0.15) is 43.4 Å². The third-order valence-corrected chi connectivity index (χ3v) is 4.79. The molecule has 0 aliphatic rings. The van der Waals surface area contributed by atoms with Crippen LogP contribution >= 0.6 is 0 Å². The van der Waals surface area contributed by atoms with Crippen LogP contribution in [-0.2, 0) is 11.2 Å². The van der Waals surface area contributed by atoms with E-state index in [4.69, 9.17) is 4.74 Å². The van der Waals surface area contributed by atoms with E-state index in [1.165, 1.54) is 10.9 Å². The monoisotopic (exact) mass is 350 g/mol. The molecule has 1 amide bonds. The number of hydrogen-bond acceptors (Lipinski definition) is 2. The zero-order valence-corrected chi connectivity index (χ0v) is 15.4. The standard InChI is InChI=1S/C22H26N2O2/c1-3-20(16-11-13-18(26-2)14-12-16)24-22(25)10-6-7-17-15-23-21-9-5-4-8-19(17)21/h4-5,8-9,11-15,20,23H,3,6-7,10H2,1-2H3,(H,24,25). The second-order valence-electron chi connectivity index (χ2n) is 6.51. The summed E-state index contributed by atoms with van der Waals surface area (Å²) in [6, 6.07) is 16.2. The first-order valence-electron chi connectivity index (χ1n) is 9.19. The van der Waals surface area contributed by atoms with Gasteiger partial charge in [-0.2, -0.15) is 0 Å². The van der Waals surface area contributed by atoms with E-state index in [0.717, 1.165) is 36.1 Å². The molecule has 1 heterocycles. The molecule has 0 saturated heterocycles. The van der Waals surface area contributed by atoms with Gasteiger partial charge < -0.3 is 15.0 Å². The summed E-state index contributed by atoms with van der Waals surface area (Å²) in [7, 11) is 1.65. The van der Waals surface area contributed by atoms with Crippen molar-refractivity contribution < 1.29 is 9.53 Å². The number of para-hydroxylation sites is 1. The lowest BCUT2D eigenvalue weighted by molar-refractivity contribution is -0.122.